The van der Waals surface area contributed by atoms with E-state index in [4.69, 9.17) is 16.3 Å². The van der Waals surface area contributed by atoms with Crippen molar-refractivity contribution in [1.82, 2.24) is 0 Å². The number of phenolic OH excluding ortho intramolecular Hbond substituents is 2. The molecule has 2 rings (SSSR count). The van der Waals surface area contributed by atoms with E-state index in [1.54, 1.807) is 44.2 Å². The average molecular weight is 342 g/mol. The van der Waals surface area contributed by atoms with E-state index in [9.17, 15) is 15.1 Å². The molecule has 0 saturated carbocycles. The topological polar surface area (TPSA) is 69.9 Å². The summed E-state index contributed by atoms with van der Waals surface area (Å²) >= 11 is 5.99. The maximum Gasteiger partial charge on any atom is 0.299 e. The van der Waals surface area contributed by atoms with Crippen LogP contribution in [0.25, 0.3) is 0 Å². The van der Waals surface area contributed by atoms with E-state index in [-0.39, 0.29) is 17.2 Å². The number of hydrogen-bond donors (Lipinski definition) is 3. The van der Waals surface area contributed by atoms with E-state index < -0.39 is 5.69 Å². The molecule has 1 unspecified atom stereocenters. The molecule has 1 atom stereocenters. The third-order valence-electron chi connectivity index (χ3n) is 2.83. The van der Waals surface area contributed by atoms with E-state index in [2.05, 4.69) is 0 Å². The number of aryl methyl sites for hydroxylation is 2. The average Bonchev–Trinajstić information content (AvgIpc) is 2.40. The van der Waals surface area contributed by atoms with Crippen molar-refractivity contribution in [3.8, 4) is 17.2 Å². The van der Waals surface area contributed by atoms with E-state index in [1.807, 2.05) is 0 Å². The molecule has 0 amide bonds. The minimum atomic E-state index is -3.30. The standard InChI is InChI=1S/C14H15O4PS2/c1-9-5-3-7-11(13(9)15)18-19(17,20)21-12-8-4-6-10(2)14(12)16/h3-8,15-16H,1-2H3,(H,17,20). The predicted molar refractivity (Wildman–Crippen MR) is 88.7 cm³/mol. The van der Waals surface area contributed by atoms with Crippen LogP contribution >= 0.6 is 17.1 Å². The Bertz CT molecular complexity index is 661. The second-order valence-electron chi connectivity index (χ2n) is 4.49. The molecule has 0 aliphatic heterocycles. The third kappa shape index (κ3) is 3.92. The van der Waals surface area contributed by atoms with Gasteiger partial charge in [-0.3, -0.25) is 0 Å². The van der Waals surface area contributed by atoms with Crippen molar-refractivity contribution < 1.29 is 19.6 Å². The van der Waals surface area contributed by atoms with Crippen LogP contribution in [0.1, 0.15) is 11.1 Å². The van der Waals surface area contributed by atoms with Gasteiger partial charge in [-0.1, -0.05) is 24.3 Å². The summed E-state index contributed by atoms with van der Waals surface area (Å²) in [7, 11) is 0. The van der Waals surface area contributed by atoms with Gasteiger partial charge in [-0.05, 0) is 60.3 Å². The van der Waals surface area contributed by atoms with Gasteiger partial charge in [-0.15, -0.1) is 0 Å². The highest BCUT2D eigenvalue weighted by Crippen LogP contribution is 2.61. The van der Waals surface area contributed by atoms with Gasteiger partial charge in [-0.2, -0.15) is 0 Å². The number of phenols is 2. The SMILES string of the molecule is Cc1cccc(OP(O)(=S)Sc2cccc(C)c2O)c1O. The summed E-state index contributed by atoms with van der Waals surface area (Å²) in [4.78, 5) is 10.7. The van der Waals surface area contributed by atoms with Gasteiger partial charge in [0.25, 0.3) is 5.69 Å². The molecule has 21 heavy (non-hydrogen) atoms. The molecule has 0 aromatic heterocycles. The van der Waals surface area contributed by atoms with Gasteiger partial charge in [0.1, 0.15) is 5.75 Å². The molecule has 0 bridgehead atoms. The molecule has 0 spiro atoms. The van der Waals surface area contributed by atoms with Crippen molar-refractivity contribution in [2.24, 2.45) is 0 Å². The summed E-state index contributed by atoms with van der Waals surface area (Å²) in [6.07, 6.45) is 0. The zero-order valence-electron chi connectivity index (χ0n) is 11.5. The minimum Gasteiger partial charge on any atom is -0.506 e. The van der Waals surface area contributed by atoms with Gasteiger partial charge in [0, 0.05) is 0 Å². The van der Waals surface area contributed by atoms with E-state index in [0.29, 0.717) is 16.0 Å². The van der Waals surface area contributed by atoms with Gasteiger partial charge in [0.05, 0.1) is 4.90 Å². The first kappa shape index (κ1) is 16.2. The largest absolute Gasteiger partial charge is 0.506 e. The highest BCUT2D eigenvalue weighted by Gasteiger charge is 2.22. The molecule has 4 nitrogen and oxygen atoms in total. The van der Waals surface area contributed by atoms with Gasteiger partial charge < -0.3 is 19.6 Å². The van der Waals surface area contributed by atoms with Crippen LogP contribution in [0, 0.1) is 13.8 Å². The number of aromatic hydroxyl groups is 2. The van der Waals surface area contributed by atoms with Gasteiger partial charge in [0.2, 0.25) is 0 Å². The Hall–Kier alpha value is -1.20. The lowest BCUT2D eigenvalue weighted by atomic mass is 10.2. The van der Waals surface area contributed by atoms with Gasteiger partial charge >= 0.3 is 0 Å². The number of para-hydroxylation sites is 2. The van der Waals surface area contributed by atoms with Crippen molar-refractivity contribution in [3.63, 3.8) is 0 Å². The van der Waals surface area contributed by atoms with E-state index >= 15 is 0 Å². The predicted octanol–water partition coefficient (Wildman–Crippen LogP) is 4.10. The summed E-state index contributed by atoms with van der Waals surface area (Å²) in [5.41, 5.74) is -1.98. The Labute approximate surface area is 132 Å². The molecular weight excluding hydrogens is 327 g/mol. The molecule has 0 saturated heterocycles. The van der Waals surface area contributed by atoms with Crippen molar-refractivity contribution in [3.05, 3.63) is 47.5 Å². The fourth-order valence-electron chi connectivity index (χ4n) is 1.68. The smallest absolute Gasteiger partial charge is 0.299 e. The Kier molecular flexibility index (Phi) is 4.84. The molecule has 0 heterocycles. The number of benzene rings is 2. The van der Waals surface area contributed by atoms with Crippen molar-refractivity contribution >= 4 is 28.9 Å². The lowest BCUT2D eigenvalue weighted by molar-refractivity contribution is 0.429. The fraction of sp³-hybridized carbons (Fsp3) is 0.143. The second-order valence-corrected chi connectivity index (χ2v) is 10.4. The van der Waals surface area contributed by atoms with Crippen LogP contribution in [-0.4, -0.2) is 15.1 Å². The molecule has 0 fully saturated rings. The van der Waals surface area contributed by atoms with Crippen LogP contribution in [0.5, 0.6) is 17.2 Å². The van der Waals surface area contributed by atoms with Gasteiger partial charge in [-0.25, -0.2) is 0 Å². The normalized spacial score (nSPS) is 13.7. The van der Waals surface area contributed by atoms with Gasteiger partial charge in [0.15, 0.2) is 11.5 Å². The summed E-state index contributed by atoms with van der Waals surface area (Å²) in [6.45, 7) is 3.48. The summed E-state index contributed by atoms with van der Waals surface area (Å²) in [5, 5.41) is 19.9. The lowest BCUT2D eigenvalue weighted by Crippen LogP contribution is -1.90. The molecule has 7 heteroatoms. The zero-order valence-corrected chi connectivity index (χ0v) is 14.0. The molecule has 3 N–H and O–H groups in total. The van der Waals surface area contributed by atoms with E-state index in [1.165, 1.54) is 6.07 Å². The number of rotatable bonds is 4. The monoisotopic (exact) mass is 342 g/mol. The first-order valence-electron chi connectivity index (χ1n) is 6.09. The van der Waals surface area contributed by atoms with Crippen molar-refractivity contribution in [2.75, 3.05) is 0 Å². The second kappa shape index (κ2) is 6.28. The molecule has 2 aromatic carbocycles. The molecule has 0 aliphatic carbocycles. The Morgan fingerprint density at radius 3 is 2.24 bits per heavy atom. The maximum absolute atomic E-state index is 10.3. The van der Waals surface area contributed by atoms with Crippen LogP contribution in [0.4, 0.5) is 0 Å². The third-order valence-corrected chi connectivity index (χ3v) is 6.41. The summed E-state index contributed by atoms with van der Waals surface area (Å²) in [5.74, 6) is 0.165. The summed E-state index contributed by atoms with van der Waals surface area (Å²) < 4.78 is 5.40. The Morgan fingerprint density at radius 2 is 1.57 bits per heavy atom. The lowest BCUT2D eigenvalue weighted by Gasteiger charge is -2.18. The fourth-order valence-corrected chi connectivity index (χ4v) is 5.25. The molecule has 112 valence electrons. The molecule has 0 radical (unpaired) electrons. The van der Waals surface area contributed by atoms with Crippen LogP contribution in [0.3, 0.4) is 0 Å². The molecular formula is C14H15O4PS2. The van der Waals surface area contributed by atoms with Crippen LogP contribution < -0.4 is 4.52 Å². The molecule has 0 aliphatic rings. The number of hydrogen-bond acceptors (Lipinski definition) is 5. The molecule has 2 aromatic rings. The Balaban J connectivity index is 2.25. The highest BCUT2D eigenvalue weighted by molar-refractivity contribution is 8.67. The minimum absolute atomic E-state index is 0.0464. The quantitative estimate of drug-likeness (QED) is 0.727. The van der Waals surface area contributed by atoms with Crippen molar-refractivity contribution in [2.45, 2.75) is 18.7 Å². The highest BCUT2D eigenvalue weighted by atomic mass is 32.9. The van der Waals surface area contributed by atoms with E-state index in [0.717, 1.165) is 11.4 Å². The van der Waals surface area contributed by atoms with Crippen LogP contribution in [0.2, 0.25) is 0 Å². The zero-order chi connectivity index (χ0) is 15.6. The first-order valence-corrected chi connectivity index (χ1v) is 10.2. The van der Waals surface area contributed by atoms with Crippen molar-refractivity contribution in [1.29, 1.82) is 0 Å². The maximum atomic E-state index is 10.3. The Morgan fingerprint density at radius 1 is 1.00 bits per heavy atom. The summed E-state index contributed by atoms with van der Waals surface area (Å²) in [6, 6.07) is 10.1. The van der Waals surface area contributed by atoms with Crippen LogP contribution in [0.15, 0.2) is 41.3 Å². The first-order chi connectivity index (χ1) is 9.80. The van der Waals surface area contributed by atoms with Crippen LogP contribution in [-0.2, 0) is 11.8 Å².